The molecule has 2 rings (SSSR count). The average molecular weight is 298 g/mol. The Morgan fingerprint density at radius 2 is 2.15 bits per heavy atom. The highest BCUT2D eigenvalue weighted by molar-refractivity contribution is 7.89. The summed E-state index contributed by atoms with van der Waals surface area (Å²) in [6.07, 6.45) is 1.74. The topological polar surface area (TPSA) is 75.7 Å². The van der Waals surface area contributed by atoms with Crippen LogP contribution in [0.25, 0.3) is 0 Å². The van der Waals surface area contributed by atoms with Gasteiger partial charge in [0, 0.05) is 19.7 Å². The van der Waals surface area contributed by atoms with Gasteiger partial charge in [0.05, 0.1) is 10.6 Å². The number of fused-ring (bicyclic) bond motifs is 1. The lowest BCUT2D eigenvalue weighted by atomic mass is 10.2. The third kappa shape index (κ3) is 2.94. The van der Waals surface area contributed by atoms with Crippen LogP contribution in [0.15, 0.2) is 23.1 Å². The van der Waals surface area contributed by atoms with Crippen molar-refractivity contribution in [3.63, 3.8) is 0 Å². The Morgan fingerprint density at radius 1 is 1.40 bits per heavy atom. The number of carbonyl (C=O) groups excluding carboxylic acids is 1. The number of unbranched alkanes of at least 4 members (excludes halogenated alkanes) is 1. The summed E-state index contributed by atoms with van der Waals surface area (Å²) in [4.78, 5) is 11.3. The minimum atomic E-state index is -3.52. The summed E-state index contributed by atoms with van der Waals surface area (Å²) in [5.74, 6) is 0.141. The molecule has 1 aromatic rings. The molecule has 1 heterocycles. The first-order chi connectivity index (χ1) is 9.45. The molecule has 0 saturated carbocycles. The number of amides is 1. The van der Waals surface area contributed by atoms with Crippen LogP contribution in [0.4, 0.5) is 5.69 Å². The molecular weight excluding hydrogens is 280 g/mol. The van der Waals surface area contributed by atoms with Crippen LogP contribution >= 0.6 is 0 Å². The van der Waals surface area contributed by atoms with Crippen LogP contribution in [-0.2, 0) is 14.8 Å². The molecular formula is C13H18N2O4S. The van der Waals surface area contributed by atoms with Gasteiger partial charge in [0.1, 0.15) is 5.75 Å². The molecule has 0 saturated heterocycles. The summed E-state index contributed by atoms with van der Waals surface area (Å²) in [5.41, 5.74) is 0.497. The van der Waals surface area contributed by atoms with Gasteiger partial charge in [-0.05, 0) is 18.6 Å². The first-order valence-electron chi connectivity index (χ1n) is 6.48. The number of rotatable bonds is 5. The zero-order chi connectivity index (χ0) is 14.8. The maximum atomic E-state index is 12.4. The Hall–Kier alpha value is -1.60. The molecule has 0 atom stereocenters. The minimum Gasteiger partial charge on any atom is -0.482 e. The second-order valence-electron chi connectivity index (χ2n) is 4.67. The van der Waals surface area contributed by atoms with Crippen LogP contribution in [0.2, 0.25) is 0 Å². The molecule has 1 N–H and O–H groups in total. The van der Waals surface area contributed by atoms with Crippen molar-refractivity contribution in [2.45, 2.75) is 24.7 Å². The van der Waals surface area contributed by atoms with Gasteiger partial charge in [-0.25, -0.2) is 12.7 Å². The van der Waals surface area contributed by atoms with E-state index in [9.17, 15) is 13.2 Å². The van der Waals surface area contributed by atoms with E-state index in [0.29, 0.717) is 18.0 Å². The zero-order valence-electron chi connectivity index (χ0n) is 11.5. The second-order valence-corrected chi connectivity index (χ2v) is 6.72. The monoisotopic (exact) mass is 298 g/mol. The molecule has 0 fully saturated rings. The number of nitrogens with zero attached hydrogens (tertiary/aromatic N) is 1. The zero-order valence-corrected chi connectivity index (χ0v) is 12.4. The number of hydrogen-bond donors (Lipinski definition) is 1. The Balaban J connectivity index is 2.27. The molecule has 1 amide bonds. The van der Waals surface area contributed by atoms with E-state index in [2.05, 4.69) is 5.32 Å². The molecule has 0 aliphatic carbocycles. The van der Waals surface area contributed by atoms with Gasteiger partial charge in [0.15, 0.2) is 6.61 Å². The van der Waals surface area contributed by atoms with Crippen LogP contribution in [0.5, 0.6) is 5.75 Å². The third-order valence-corrected chi connectivity index (χ3v) is 4.97. The predicted molar refractivity (Wildman–Crippen MR) is 75.3 cm³/mol. The van der Waals surface area contributed by atoms with Crippen molar-refractivity contribution in [3.8, 4) is 5.75 Å². The SMILES string of the molecule is CCCCN(C)S(=O)(=O)c1ccc2c(c1)OCC(=O)N2. The van der Waals surface area contributed by atoms with Gasteiger partial charge in [-0.2, -0.15) is 0 Å². The van der Waals surface area contributed by atoms with Crippen molar-refractivity contribution < 1.29 is 17.9 Å². The van der Waals surface area contributed by atoms with Crippen LogP contribution < -0.4 is 10.1 Å². The van der Waals surface area contributed by atoms with E-state index in [4.69, 9.17) is 4.74 Å². The van der Waals surface area contributed by atoms with E-state index in [1.165, 1.54) is 16.4 Å². The van der Waals surface area contributed by atoms with Gasteiger partial charge < -0.3 is 10.1 Å². The quantitative estimate of drug-likeness (QED) is 0.892. The summed E-state index contributed by atoms with van der Waals surface area (Å²) in [6.45, 7) is 2.39. The molecule has 0 aromatic heterocycles. The molecule has 0 bridgehead atoms. The lowest BCUT2D eigenvalue weighted by Crippen LogP contribution is -2.29. The van der Waals surface area contributed by atoms with Crippen molar-refractivity contribution in [2.24, 2.45) is 0 Å². The number of nitrogens with one attached hydrogen (secondary N) is 1. The van der Waals surface area contributed by atoms with E-state index in [1.807, 2.05) is 6.92 Å². The van der Waals surface area contributed by atoms with E-state index in [0.717, 1.165) is 12.8 Å². The molecule has 20 heavy (non-hydrogen) atoms. The summed E-state index contributed by atoms with van der Waals surface area (Å²) in [7, 11) is -1.96. The highest BCUT2D eigenvalue weighted by atomic mass is 32.2. The molecule has 1 aliphatic heterocycles. The van der Waals surface area contributed by atoms with E-state index >= 15 is 0 Å². The minimum absolute atomic E-state index is 0.0951. The Labute approximate surface area is 118 Å². The number of ether oxygens (including phenoxy) is 1. The normalized spacial score (nSPS) is 14.7. The first kappa shape index (κ1) is 14.8. The van der Waals surface area contributed by atoms with Gasteiger partial charge in [0.25, 0.3) is 5.91 Å². The Kier molecular flexibility index (Phi) is 4.29. The fourth-order valence-electron chi connectivity index (χ4n) is 1.90. The van der Waals surface area contributed by atoms with Gasteiger partial charge in [0.2, 0.25) is 10.0 Å². The largest absolute Gasteiger partial charge is 0.482 e. The lowest BCUT2D eigenvalue weighted by molar-refractivity contribution is -0.118. The molecule has 7 heteroatoms. The Morgan fingerprint density at radius 3 is 2.85 bits per heavy atom. The molecule has 0 unspecified atom stereocenters. The summed E-state index contributed by atoms with van der Waals surface area (Å²) in [6, 6.07) is 4.48. The molecule has 6 nitrogen and oxygen atoms in total. The van der Waals surface area contributed by atoms with Crippen LogP contribution in [-0.4, -0.2) is 38.8 Å². The smallest absolute Gasteiger partial charge is 0.262 e. The number of hydrogen-bond acceptors (Lipinski definition) is 4. The number of sulfonamides is 1. The van der Waals surface area contributed by atoms with Crippen LogP contribution in [0.3, 0.4) is 0 Å². The van der Waals surface area contributed by atoms with Crippen LogP contribution in [0, 0.1) is 0 Å². The number of anilines is 1. The lowest BCUT2D eigenvalue weighted by Gasteiger charge is -2.21. The highest BCUT2D eigenvalue weighted by Gasteiger charge is 2.23. The maximum Gasteiger partial charge on any atom is 0.262 e. The van der Waals surface area contributed by atoms with Gasteiger partial charge in [-0.1, -0.05) is 13.3 Å². The standard InChI is InChI=1S/C13H18N2O4S/c1-3-4-7-15(2)20(17,18)10-5-6-11-12(8-10)19-9-13(16)14-11/h5-6,8H,3-4,7,9H2,1-2H3,(H,14,16). The van der Waals surface area contributed by atoms with E-state index in [1.54, 1.807) is 13.1 Å². The average Bonchev–Trinajstić information content (AvgIpc) is 2.43. The third-order valence-electron chi connectivity index (χ3n) is 3.12. The molecule has 110 valence electrons. The van der Waals surface area contributed by atoms with Crippen molar-refractivity contribution in [3.05, 3.63) is 18.2 Å². The van der Waals surface area contributed by atoms with Crippen molar-refractivity contribution in [1.29, 1.82) is 0 Å². The Bertz CT molecular complexity index is 613. The van der Waals surface area contributed by atoms with Gasteiger partial charge >= 0.3 is 0 Å². The van der Waals surface area contributed by atoms with E-state index in [-0.39, 0.29) is 17.4 Å². The number of benzene rings is 1. The van der Waals surface area contributed by atoms with Crippen molar-refractivity contribution >= 4 is 21.6 Å². The summed E-state index contributed by atoms with van der Waals surface area (Å²) >= 11 is 0. The van der Waals surface area contributed by atoms with Crippen molar-refractivity contribution in [2.75, 3.05) is 25.5 Å². The maximum absolute atomic E-state index is 12.4. The van der Waals surface area contributed by atoms with Crippen LogP contribution in [0.1, 0.15) is 19.8 Å². The molecule has 1 aliphatic rings. The van der Waals surface area contributed by atoms with Crippen molar-refractivity contribution in [1.82, 2.24) is 4.31 Å². The molecule has 0 spiro atoms. The predicted octanol–water partition coefficient (Wildman–Crippen LogP) is 1.44. The summed E-state index contributed by atoms with van der Waals surface area (Å²) < 4.78 is 31.3. The fourth-order valence-corrected chi connectivity index (χ4v) is 3.12. The second kappa shape index (κ2) is 5.80. The van der Waals surface area contributed by atoms with E-state index < -0.39 is 10.0 Å². The first-order valence-corrected chi connectivity index (χ1v) is 7.92. The molecule has 1 aromatic carbocycles. The summed E-state index contributed by atoms with van der Waals surface area (Å²) in [5, 5.41) is 2.63. The number of carbonyl (C=O) groups is 1. The highest BCUT2D eigenvalue weighted by Crippen LogP contribution is 2.31. The van der Waals surface area contributed by atoms with Gasteiger partial charge in [-0.3, -0.25) is 4.79 Å². The van der Waals surface area contributed by atoms with Gasteiger partial charge in [-0.15, -0.1) is 0 Å². The molecule has 0 radical (unpaired) electrons. The fraction of sp³-hybridized carbons (Fsp3) is 0.462.